The lowest BCUT2D eigenvalue weighted by Crippen LogP contribution is -2.29. The summed E-state index contributed by atoms with van der Waals surface area (Å²) in [7, 11) is 0. The third kappa shape index (κ3) is 1.95. The van der Waals surface area contributed by atoms with Crippen molar-refractivity contribution in [2.75, 3.05) is 11.9 Å². The lowest BCUT2D eigenvalue weighted by atomic mass is 10.1. The Morgan fingerprint density at radius 2 is 2.27 bits per heavy atom. The largest absolute Gasteiger partial charge is 0.480 e. The molecule has 0 aliphatic carbocycles. The van der Waals surface area contributed by atoms with Crippen molar-refractivity contribution in [2.45, 2.75) is 24.0 Å². The smallest absolute Gasteiger partial charge is 0.318 e. The molecule has 0 bridgehead atoms. The van der Waals surface area contributed by atoms with E-state index in [1.165, 1.54) is 22.9 Å². The van der Waals surface area contributed by atoms with Crippen molar-refractivity contribution in [3.05, 3.63) is 23.3 Å². The minimum absolute atomic E-state index is 0.376. The fourth-order valence-corrected chi connectivity index (χ4v) is 2.95. The molecule has 0 saturated carbocycles. The highest BCUT2D eigenvalue weighted by Gasteiger charge is 2.25. The van der Waals surface area contributed by atoms with Crippen LogP contribution in [0, 0.1) is 13.8 Å². The van der Waals surface area contributed by atoms with Crippen LogP contribution in [0.25, 0.3) is 0 Å². The molecule has 1 aromatic carbocycles. The zero-order valence-electron chi connectivity index (χ0n) is 8.70. The van der Waals surface area contributed by atoms with Crippen LogP contribution < -0.4 is 5.32 Å². The summed E-state index contributed by atoms with van der Waals surface area (Å²) in [6.45, 7) is 4.57. The first-order valence-corrected chi connectivity index (χ1v) is 5.70. The van der Waals surface area contributed by atoms with Crippen molar-refractivity contribution in [3.8, 4) is 0 Å². The predicted octanol–water partition coefficient (Wildman–Crippen LogP) is 2.27. The van der Waals surface area contributed by atoms with Crippen LogP contribution in [-0.4, -0.2) is 22.9 Å². The van der Waals surface area contributed by atoms with Crippen LogP contribution in [-0.2, 0) is 4.79 Å². The first kappa shape index (κ1) is 10.4. The molecule has 0 spiro atoms. The SMILES string of the molecule is Cc1cc(C)c2c(c1)SC(C(=O)O)CN2. The van der Waals surface area contributed by atoms with Gasteiger partial charge in [-0.3, -0.25) is 4.79 Å². The molecule has 1 aliphatic rings. The fraction of sp³-hybridized carbons (Fsp3) is 0.364. The van der Waals surface area contributed by atoms with E-state index in [0.717, 1.165) is 10.6 Å². The van der Waals surface area contributed by atoms with Crippen molar-refractivity contribution >= 4 is 23.4 Å². The number of hydrogen-bond donors (Lipinski definition) is 2. The van der Waals surface area contributed by atoms with Crippen LogP contribution in [0.1, 0.15) is 11.1 Å². The van der Waals surface area contributed by atoms with Crippen LogP contribution in [0.4, 0.5) is 5.69 Å². The number of rotatable bonds is 1. The number of thioether (sulfide) groups is 1. The van der Waals surface area contributed by atoms with Crippen LogP contribution >= 0.6 is 11.8 Å². The number of carboxylic acid groups (broad SMARTS) is 1. The Balaban J connectivity index is 2.37. The van der Waals surface area contributed by atoms with E-state index >= 15 is 0 Å². The van der Waals surface area contributed by atoms with E-state index in [0.29, 0.717) is 6.54 Å². The van der Waals surface area contributed by atoms with Gasteiger partial charge in [0.1, 0.15) is 5.25 Å². The minimum Gasteiger partial charge on any atom is -0.480 e. The summed E-state index contributed by atoms with van der Waals surface area (Å²) in [5.74, 6) is -0.752. The van der Waals surface area contributed by atoms with Crippen molar-refractivity contribution < 1.29 is 9.90 Å². The Hall–Kier alpha value is -1.16. The van der Waals surface area contributed by atoms with Gasteiger partial charge in [-0.2, -0.15) is 0 Å². The summed E-state index contributed by atoms with van der Waals surface area (Å²) >= 11 is 1.43. The fourth-order valence-electron chi connectivity index (χ4n) is 1.78. The Morgan fingerprint density at radius 3 is 2.93 bits per heavy atom. The zero-order chi connectivity index (χ0) is 11.0. The molecule has 1 aromatic rings. The molecule has 0 aromatic heterocycles. The van der Waals surface area contributed by atoms with Crippen molar-refractivity contribution in [3.63, 3.8) is 0 Å². The van der Waals surface area contributed by atoms with Gasteiger partial charge in [0.15, 0.2) is 0 Å². The maximum absolute atomic E-state index is 10.9. The topological polar surface area (TPSA) is 49.3 Å². The summed E-state index contributed by atoms with van der Waals surface area (Å²) < 4.78 is 0. The van der Waals surface area contributed by atoms with Gasteiger partial charge in [-0.25, -0.2) is 0 Å². The van der Waals surface area contributed by atoms with Crippen LogP contribution in [0.2, 0.25) is 0 Å². The Bertz CT molecular complexity index is 417. The molecule has 1 heterocycles. The van der Waals surface area contributed by atoms with E-state index in [9.17, 15) is 4.79 Å². The van der Waals surface area contributed by atoms with Crippen LogP contribution in [0.15, 0.2) is 17.0 Å². The van der Waals surface area contributed by atoms with E-state index in [1.54, 1.807) is 0 Å². The van der Waals surface area contributed by atoms with Gasteiger partial charge in [0.2, 0.25) is 0 Å². The highest BCUT2D eigenvalue weighted by atomic mass is 32.2. The van der Waals surface area contributed by atoms with Crippen molar-refractivity contribution in [1.82, 2.24) is 0 Å². The normalized spacial score (nSPS) is 19.2. The molecular formula is C11H13NO2S. The summed E-state index contributed by atoms with van der Waals surface area (Å²) in [5.41, 5.74) is 3.44. The van der Waals surface area contributed by atoms with E-state index < -0.39 is 5.97 Å². The minimum atomic E-state index is -0.752. The van der Waals surface area contributed by atoms with Gasteiger partial charge in [0.25, 0.3) is 0 Å². The lowest BCUT2D eigenvalue weighted by molar-refractivity contribution is -0.136. The van der Waals surface area contributed by atoms with Crippen molar-refractivity contribution in [2.24, 2.45) is 0 Å². The molecule has 0 saturated heterocycles. The molecule has 3 nitrogen and oxygen atoms in total. The Kier molecular flexibility index (Phi) is 2.61. The van der Waals surface area contributed by atoms with Gasteiger partial charge in [-0.1, -0.05) is 6.07 Å². The number of aryl methyl sites for hydroxylation is 2. The van der Waals surface area contributed by atoms with E-state index in [1.807, 2.05) is 19.9 Å². The molecule has 0 amide bonds. The maximum atomic E-state index is 10.9. The molecule has 0 fully saturated rings. The number of fused-ring (bicyclic) bond motifs is 1. The van der Waals surface area contributed by atoms with E-state index in [4.69, 9.17) is 5.11 Å². The molecule has 0 radical (unpaired) electrons. The Morgan fingerprint density at radius 1 is 1.53 bits per heavy atom. The van der Waals surface area contributed by atoms with Gasteiger partial charge in [0, 0.05) is 11.4 Å². The van der Waals surface area contributed by atoms with Gasteiger partial charge in [0.05, 0.1) is 5.69 Å². The molecule has 1 atom stereocenters. The van der Waals surface area contributed by atoms with Gasteiger partial charge in [-0.05, 0) is 31.0 Å². The number of nitrogens with one attached hydrogen (secondary N) is 1. The standard InChI is InChI=1S/C11H13NO2S/c1-6-3-7(2)10-8(4-6)15-9(5-12-10)11(13)14/h3-4,9,12H,5H2,1-2H3,(H,13,14). The second-order valence-corrected chi connectivity index (χ2v) is 5.03. The van der Waals surface area contributed by atoms with E-state index in [2.05, 4.69) is 11.4 Å². The zero-order valence-corrected chi connectivity index (χ0v) is 9.52. The third-order valence-electron chi connectivity index (χ3n) is 2.45. The number of carboxylic acids is 1. The van der Waals surface area contributed by atoms with Crippen LogP contribution in [0.3, 0.4) is 0 Å². The van der Waals surface area contributed by atoms with Gasteiger partial charge >= 0.3 is 5.97 Å². The Labute approximate surface area is 92.9 Å². The van der Waals surface area contributed by atoms with Gasteiger partial charge < -0.3 is 10.4 Å². The molecule has 1 aliphatic heterocycles. The van der Waals surface area contributed by atoms with Crippen molar-refractivity contribution in [1.29, 1.82) is 0 Å². The summed E-state index contributed by atoms with van der Waals surface area (Å²) in [4.78, 5) is 11.9. The average molecular weight is 223 g/mol. The summed E-state index contributed by atoms with van der Waals surface area (Å²) in [6.07, 6.45) is 0. The summed E-state index contributed by atoms with van der Waals surface area (Å²) in [6, 6.07) is 4.14. The predicted molar refractivity (Wildman–Crippen MR) is 61.7 cm³/mol. The maximum Gasteiger partial charge on any atom is 0.318 e. The number of carbonyl (C=O) groups is 1. The second kappa shape index (κ2) is 3.77. The van der Waals surface area contributed by atoms with Crippen LogP contribution in [0.5, 0.6) is 0 Å². The van der Waals surface area contributed by atoms with Gasteiger partial charge in [-0.15, -0.1) is 11.8 Å². The average Bonchev–Trinajstić information content (AvgIpc) is 2.16. The number of hydrogen-bond acceptors (Lipinski definition) is 3. The quantitative estimate of drug-likeness (QED) is 0.767. The molecule has 2 N–H and O–H groups in total. The first-order chi connectivity index (χ1) is 7.08. The molecule has 2 rings (SSSR count). The molecule has 80 valence electrons. The molecule has 15 heavy (non-hydrogen) atoms. The molecular weight excluding hydrogens is 210 g/mol. The second-order valence-electron chi connectivity index (χ2n) is 3.78. The lowest BCUT2D eigenvalue weighted by Gasteiger charge is -2.24. The monoisotopic (exact) mass is 223 g/mol. The third-order valence-corrected chi connectivity index (χ3v) is 3.68. The number of anilines is 1. The highest BCUT2D eigenvalue weighted by Crippen LogP contribution is 2.37. The number of aliphatic carboxylic acids is 1. The number of benzene rings is 1. The summed E-state index contributed by atoms with van der Waals surface area (Å²) in [5, 5.41) is 11.8. The highest BCUT2D eigenvalue weighted by molar-refractivity contribution is 8.00. The van der Waals surface area contributed by atoms with E-state index in [-0.39, 0.29) is 5.25 Å². The molecule has 4 heteroatoms. The molecule has 1 unspecified atom stereocenters. The first-order valence-electron chi connectivity index (χ1n) is 4.82.